The molecule has 38 heavy (non-hydrogen) atoms. The van der Waals surface area contributed by atoms with Crippen LogP contribution in [0.4, 0.5) is 15.8 Å². The van der Waals surface area contributed by atoms with E-state index in [0.717, 1.165) is 38.1 Å². The number of likely N-dealkylation sites (N-methyl/N-ethyl adjacent to an activating group) is 1. The van der Waals surface area contributed by atoms with Crippen LogP contribution in [0.3, 0.4) is 0 Å². The zero-order valence-corrected chi connectivity index (χ0v) is 22.6. The molecule has 0 aromatic heterocycles. The summed E-state index contributed by atoms with van der Waals surface area (Å²) in [5.74, 6) is -1.84. The molecule has 4 bridgehead atoms. The van der Waals surface area contributed by atoms with Crippen LogP contribution in [0, 0.1) is 17.8 Å². The topological polar surface area (TPSA) is 126 Å². The lowest BCUT2D eigenvalue weighted by Gasteiger charge is -2.36. The van der Waals surface area contributed by atoms with E-state index in [-0.39, 0.29) is 40.1 Å². The van der Waals surface area contributed by atoms with Gasteiger partial charge in [0.2, 0.25) is 11.7 Å². The summed E-state index contributed by atoms with van der Waals surface area (Å²) < 4.78 is 28.6. The van der Waals surface area contributed by atoms with Crippen molar-refractivity contribution in [2.45, 2.75) is 31.1 Å². The number of halogens is 1. The molecule has 11 heteroatoms. The highest BCUT2D eigenvalue weighted by molar-refractivity contribution is 7.92. The lowest BCUT2D eigenvalue weighted by Crippen LogP contribution is -2.51. The van der Waals surface area contributed by atoms with Crippen LogP contribution in [0.1, 0.15) is 30.1 Å². The molecule has 2 aliphatic heterocycles. The van der Waals surface area contributed by atoms with Crippen molar-refractivity contribution < 1.29 is 18.5 Å². The number of amides is 1. The van der Waals surface area contributed by atoms with Gasteiger partial charge in [0.05, 0.1) is 12.1 Å². The van der Waals surface area contributed by atoms with Crippen LogP contribution >= 0.6 is 0 Å². The second-order valence-corrected chi connectivity index (χ2v) is 12.5. The molecule has 2 saturated carbocycles. The Bertz CT molecular complexity index is 1200. The molecule has 3 fully saturated rings. The van der Waals surface area contributed by atoms with Gasteiger partial charge >= 0.3 is 0 Å². The Morgan fingerprint density at radius 3 is 2.71 bits per heavy atom. The van der Waals surface area contributed by atoms with Gasteiger partial charge in [-0.25, -0.2) is 9.38 Å². The molecule has 204 valence electrons. The smallest absolute Gasteiger partial charge is 0.222 e. The van der Waals surface area contributed by atoms with Crippen molar-refractivity contribution in [1.82, 2.24) is 10.2 Å². The van der Waals surface area contributed by atoms with Crippen molar-refractivity contribution in [2.24, 2.45) is 28.5 Å². The summed E-state index contributed by atoms with van der Waals surface area (Å²) >= 11 is -1.46. The predicted octanol–water partition coefficient (Wildman–Crippen LogP) is 2.01. The molecule has 2 heterocycles. The lowest BCUT2D eigenvalue weighted by atomic mass is 9.83. The summed E-state index contributed by atoms with van der Waals surface area (Å²) in [7, 11) is 2.07. The molecule has 0 spiro atoms. The molecular weight excluding hydrogens is 507 g/mol. The number of ketones is 1. The summed E-state index contributed by atoms with van der Waals surface area (Å²) in [6.45, 7) is 8.75. The number of rotatable bonds is 2. The number of hydrogen-bond acceptors (Lipinski definition) is 8. The van der Waals surface area contributed by atoms with E-state index in [4.69, 9.17) is 5.73 Å². The second kappa shape index (κ2) is 10.7. The molecule has 9 nitrogen and oxygen atoms in total. The Hall–Kier alpha value is -2.89. The number of benzene rings is 1. The second-order valence-electron chi connectivity index (χ2n) is 10.8. The molecule has 6 unspecified atom stereocenters. The first kappa shape index (κ1) is 26.7. The maximum absolute atomic E-state index is 15.0. The maximum Gasteiger partial charge on any atom is 0.222 e. The van der Waals surface area contributed by atoms with Gasteiger partial charge in [0.15, 0.2) is 11.6 Å². The molecular formula is C27H35FN6O3S. The number of nitrogens with zero attached hydrogens (tertiary/aromatic N) is 3. The minimum Gasteiger partial charge on any atom is -0.616 e. The van der Waals surface area contributed by atoms with Gasteiger partial charge < -0.3 is 30.7 Å². The summed E-state index contributed by atoms with van der Waals surface area (Å²) in [6.07, 6.45) is 2.30. The summed E-state index contributed by atoms with van der Waals surface area (Å²) in [5, 5.41) is 5.89. The molecule has 2 aliphatic carbocycles. The van der Waals surface area contributed by atoms with Crippen LogP contribution in [0.5, 0.6) is 0 Å². The first-order valence-electron chi connectivity index (χ1n) is 13.0. The number of piperazine rings is 1. The van der Waals surface area contributed by atoms with E-state index in [9.17, 15) is 18.5 Å². The maximum atomic E-state index is 15.0. The van der Waals surface area contributed by atoms with Crippen molar-refractivity contribution >= 4 is 40.5 Å². The van der Waals surface area contributed by atoms with Crippen molar-refractivity contribution in [2.75, 3.05) is 49.2 Å². The summed E-state index contributed by atoms with van der Waals surface area (Å²) in [5.41, 5.74) is 7.85. The van der Waals surface area contributed by atoms with E-state index in [1.54, 1.807) is 13.0 Å². The molecule has 1 amide bonds. The average Bonchev–Trinajstić information content (AvgIpc) is 3.46. The number of nitrogens with one attached hydrogen (secondary N) is 2. The zero-order valence-electron chi connectivity index (χ0n) is 21.8. The zero-order chi connectivity index (χ0) is 27.1. The molecule has 1 aromatic carbocycles. The average molecular weight is 543 g/mol. The van der Waals surface area contributed by atoms with E-state index in [1.165, 1.54) is 0 Å². The normalized spacial score (nSPS) is 35.1. The Morgan fingerprint density at radius 1 is 1.26 bits per heavy atom. The molecule has 4 N–H and O–H groups in total. The molecule has 0 radical (unpaired) electrons. The molecule has 1 saturated heterocycles. The minimum atomic E-state index is -1.46. The van der Waals surface area contributed by atoms with Gasteiger partial charge in [-0.2, -0.15) is 0 Å². The fraction of sp³-hybridized carbons (Fsp3) is 0.519. The highest BCUT2D eigenvalue weighted by Gasteiger charge is 2.58. The van der Waals surface area contributed by atoms with Crippen molar-refractivity contribution in [1.29, 1.82) is 0 Å². The van der Waals surface area contributed by atoms with Gasteiger partial charge in [0, 0.05) is 60.8 Å². The third-order valence-electron chi connectivity index (χ3n) is 8.39. The van der Waals surface area contributed by atoms with Crippen LogP contribution in [-0.2, 0) is 16.0 Å². The highest BCUT2D eigenvalue weighted by atomic mass is 32.2. The molecule has 6 atom stereocenters. The van der Waals surface area contributed by atoms with Gasteiger partial charge in [-0.3, -0.25) is 9.59 Å². The van der Waals surface area contributed by atoms with Crippen LogP contribution < -0.4 is 21.3 Å². The Kier molecular flexibility index (Phi) is 7.52. The molecule has 4 aliphatic rings. The molecule has 5 rings (SSSR count). The summed E-state index contributed by atoms with van der Waals surface area (Å²) in [6, 6.07) is 5.02. The number of carbonyl (C=O) groups excluding carboxylic acids is 2. The Balaban J connectivity index is 1.51. The number of fused-ring (bicyclic) bond motifs is 3. The fourth-order valence-corrected chi connectivity index (χ4v) is 8.19. The number of carbonyl (C=O) groups is 2. The Labute approximate surface area is 225 Å². The van der Waals surface area contributed by atoms with Gasteiger partial charge in [-0.05, 0) is 62.1 Å². The van der Waals surface area contributed by atoms with Crippen molar-refractivity contribution in [3.63, 3.8) is 0 Å². The highest BCUT2D eigenvalue weighted by Crippen LogP contribution is 2.51. The first-order chi connectivity index (χ1) is 18.1. The number of Topliss-reactive ketones (excluding diaryl/α,β-unsaturated/α-hetero) is 1. The van der Waals surface area contributed by atoms with Crippen molar-refractivity contribution in [3.05, 3.63) is 47.7 Å². The van der Waals surface area contributed by atoms with E-state index in [1.807, 2.05) is 12.1 Å². The minimum absolute atomic E-state index is 0.0457. The number of anilines is 2. The third-order valence-corrected chi connectivity index (χ3v) is 10.2. The monoisotopic (exact) mass is 542 g/mol. The van der Waals surface area contributed by atoms with E-state index in [2.05, 4.69) is 39.1 Å². The largest absolute Gasteiger partial charge is 0.616 e. The standard InChI is InChI=1S/C27H35FN6O3S/c1-15-21(28)13-30-16(2)32-18-4-5-22(34-8-6-33(3)7-9-34)19(12-18)23(35)14-38(37)24-11-17-10-20(24)26(31-15)25(17)27(29)36/h4-5,12-13,17,20,24-26,31-32H,2,6-11,14H2,1,3H3,(H2,29,36)/b21-15-,30-13-. The number of allylic oxidation sites excluding steroid dienone is 2. The first-order valence-corrected chi connectivity index (χ1v) is 14.4. The summed E-state index contributed by atoms with van der Waals surface area (Å²) in [4.78, 5) is 34.5. The van der Waals surface area contributed by atoms with Crippen LogP contribution in [0.2, 0.25) is 0 Å². The van der Waals surface area contributed by atoms with E-state index in [0.29, 0.717) is 24.1 Å². The van der Waals surface area contributed by atoms with Crippen LogP contribution in [0.25, 0.3) is 0 Å². The van der Waals surface area contributed by atoms with Gasteiger partial charge in [0.1, 0.15) is 11.1 Å². The van der Waals surface area contributed by atoms with E-state index < -0.39 is 34.9 Å². The quantitative estimate of drug-likeness (QED) is 0.488. The number of hydrogen-bond donors (Lipinski definition) is 3. The SMILES string of the molecule is C=C1/N=C\C(F)=C(/C)NC2C3CC(CC3[S+]([O-])CC(=O)c3cc(ccc3N3CCN(C)CC3)N1)C2C(N)=O. The van der Waals surface area contributed by atoms with Gasteiger partial charge in [-0.15, -0.1) is 0 Å². The lowest BCUT2D eigenvalue weighted by molar-refractivity contribution is -0.124. The Morgan fingerprint density at radius 2 is 2.00 bits per heavy atom. The fourth-order valence-electron chi connectivity index (χ4n) is 6.43. The van der Waals surface area contributed by atoms with Crippen molar-refractivity contribution in [3.8, 4) is 0 Å². The van der Waals surface area contributed by atoms with Crippen LogP contribution in [0.15, 0.2) is 47.1 Å². The number of aliphatic imine (C=N–C) groups is 1. The van der Waals surface area contributed by atoms with E-state index >= 15 is 0 Å². The third kappa shape index (κ3) is 5.19. The number of primary amides is 1. The van der Waals surface area contributed by atoms with Gasteiger partial charge in [0.25, 0.3) is 0 Å². The molecule has 1 aromatic rings. The predicted molar refractivity (Wildman–Crippen MR) is 148 cm³/mol. The number of nitrogens with two attached hydrogens (primary N) is 1. The van der Waals surface area contributed by atoms with Crippen LogP contribution in [-0.4, -0.2) is 77.6 Å². The van der Waals surface area contributed by atoms with Gasteiger partial charge in [-0.1, -0.05) is 6.58 Å².